The van der Waals surface area contributed by atoms with E-state index < -0.39 is 0 Å². The van der Waals surface area contributed by atoms with Gasteiger partial charge in [0.2, 0.25) is 0 Å². The maximum Gasteiger partial charge on any atom is 0.124 e. The number of rotatable bonds is 3. The van der Waals surface area contributed by atoms with E-state index in [0.717, 1.165) is 30.1 Å². The Labute approximate surface area is 115 Å². The molecule has 4 unspecified atom stereocenters. The first-order chi connectivity index (χ1) is 8.97. The second kappa shape index (κ2) is 5.91. The van der Waals surface area contributed by atoms with E-state index in [2.05, 4.69) is 13.8 Å². The highest BCUT2D eigenvalue weighted by atomic mass is 19.1. The van der Waals surface area contributed by atoms with Crippen molar-refractivity contribution in [2.45, 2.75) is 52.2 Å². The molecule has 0 bridgehead atoms. The Morgan fingerprint density at radius 3 is 2.63 bits per heavy atom. The average Bonchev–Trinajstić information content (AvgIpc) is 2.36. The molecule has 0 heterocycles. The molecule has 3 heteroatoms. The Morgan fingerprint density at radius 2 is 2.00 bits per heavy atom. The quantitative estimate of drug-likeness (QED) is 0.895. The van der Waals surface area contributed by atoms with Crippen LogP contribution in [0.5, 0.6) is 5.75 Å². The summed E-state index contributed by atoms with van der Waals surface area (Å²) < 4.78 is 19.4. The maximum atomic E-state index is 13.3. The lowest BCUT2D eigenvalue weighted by molar-refractivity contribution is 0.0993. The van der Waals surface area contributed by atoms with Crippen LogP contribution in [0.1, 0.15) is 51.6 Å². The number of nitrogens with two attached hydrogens (primary N) is 1. The predicted octanol–water partition coefficient (Wildman–Crippen LogP) is 4.05. The highest BCUT2D eigenvalue weighted by Gasteiger charge is 2.26. The Hall–Kier alpha value is -1.09. The summed E-state index contributed by atoms with van der Waals surface area (Å²) in [5.41, 5.74) is 6.65. The summed E-state index contributed by atoms with van der Waals surface area (Å²) in [6.07, 6.45) is 3.56. The Bertz CT molecular complexity index is 433. The van der Waals surface area contributed by atoms with Crippen LogP contribution < -0.4 is 10.5 Å². The zero-order chi connectivity index (χ0) is 14.0. The molecule has 2 rings (SSSR count). The van der Waals surface area contributed by atoms with Gasteiger partial charge in [-0.1, -0.05) is 13.8 Å². The zero-order valence-corrected chi connectivity index (χ0v) is 12.0. The highest BCUT2D eigenvalue weighted by molar-refractivity contribution is 5.36. The van der Waals surface area contributed by atoms with E-state index >= 15 is 0 Å². The number of hydrogen-bond donors (Lipinski definition) is 1. The summed E-state index contributed by atoms with van der Waals surface area (Å²) in [4.78, 5) is 0. The second-order valence-electron chi connectivity index (χ2n) is 5.98. The van der Waals surface area contributed by atoms with Gasteiger partial charge < -0.3 is 10.5 Å². The largest absolute Gasteiger partial charge is 0.490 e. The summed E-state index contributed by atoms with van der Waals surface area (Å²) in [6, 6.07) is 4.41. The van der Waals surface area contributed by atoms with Gasteiger partial charge in [-0.15, -0.1) is 0 Å². The topological polar surface area (TPSA) is 35.2 Å². The van der Waals surface area contributed by atoms with Gasteiger partial charge >= 0.3 is 0 Å². The molecule has 1 aromatic carbocycles. The van der Waals surface area contributed by atoms with Crippen LogP contribution in [0.2, 0.25) is 0 Å². The third-order valence-corrected chi connectivity index (χ3v) is 4.31. The monoisotopic (exact) mass is 265 g/mol. The summed E-state index contributed by atoms with van der Waals surface area (Å²) in [5, 5.41) is 0. The third kappa shape index (κ3) is 3.47. The van der Waals surface area contributed by atoms with Crippen LogP contribution in [0, 0.1) is 17.7 Å². The molecule has 1 saturated carbocycles. The summed E-state index contributed by atoms with van der Waals surface area (Å²) in [5.74, 6) is 1.92. The normalized spacial score (nSPS) is 29.0. The fourth-order valence-electron chi connectivity index (χ4n) is 2.77. The van der Waals surface area contributed by atoms with Crippen molar-refractivity contribution < 1.29 is 9.13 Å². The molecule has 0 saturated heterocycles. The molecule has 1 aliphatic rings. The maximum absolute atomic E-state index is 13.3. The number of hydrogen-bond acceptors (Lipinski definition) is 2. The van der Waals surface area contributed by atoms with Crippen LogP contribution in [0.25, 0.3) is 0 Å². The van der Waals surface area contributed by atoms with E-state index in [9.17, 15) is 4.39 Å². The molecule has 0 spiro atoms. The number of halogens is 1. The number of ether oxygens (including phenoxy) is 1. The van der Waals surface area contributed by atoms with E-state index in [0.29, 0.717) is 5.92 Å². The van der Waals surface area contributed by atoms with Gasteiger partial charge in [-0.05, 0) is 56.2 Å². The Morgan fingerprint density at radius 1 is 1.26 bits per heavy atom. The molecule has 0 radical (unpaired) electrons. The van der Waals surface area contributed by atoms with Crippen LogP contribution in [0.15, 0.2) is 18.2 Å². The number of benzene rings is 1. The van der Waals surface area contributed by atoms with Crippen molar-refractivity contribution in [2.75, 3.05) is 0 Å². The SMILES string of the molecule is CC(N)c1cc(F)ccc1OC1CCC(C)C(C)C1. The minimum atomic E-state index is -0.259. The predicted molar refractivity (Wildman–Crippen MR) is 75.6 cm³/mol. The van der Waals surface area contributed by atoms with Crippen LogP contribution in [0.4, 0.5) is 4.39 Å². The molecule has 0 amide bonds. The van der Waals surface area contributed by atoms with Gasteiger partial charge in [0.1, 0.15) is 11.6 Å². The van der Waals surface area contributed by atoms with E-state index in [4.69, 9.17) is 10.5 Å². The van der Waals surface area contributed by atoms with Gasteiger partial charge in [0.15, 0.2) is 0 Å². The molecule has 0 aliphatic heterocycles. The molecule has 1 aromatic rings. The highest BCUT2D eigenvalue weighted by Crippen LogP contribution is 2.33. The molecular weight excluding hydrogens is 241 g/mol. The first kappa shape index (κ1) is 14.3. The van der Waals surface area contributed by atoms with Crippen molar-refractivity contribution in [1.29, 1.82) is 0 Å². The van der Waals surface area contributed by atoms with Gasteiger partial charge in [0.25, 0.3) is 0 Å². The van der Waals surface area contributed by atoms with Gasteiger partial charge in [-0.25, -0.2) is 4.39 Å². The van der Waals surface area contributed by atoms with E-state index in [1.807, 2.05) is 6.92 Å². The molecule has 106 valence electrons. The van der Waals surface area contributed by atoms with Crippen LogP contribution in [-0.4, -0.2) is 6.10 Å². The minimum Gasteiger partial charge on any atom is -0.490 e. The van der Waals surface area contributed by atoms with Crippen molar-refractivity contribution in [3.8, 4) is 5.75 Å². The van der Waals surface area contributed by atoms with Crippen molar-refractivity contribution in [3.63, 3.8) is 0 Å². The Balaban J connectivity index is 2.11. The van der Waals surface area contributed by atoms with Gasteiger partial charge in [0.05, 0.1) is 6.10 Å². The summed E-state index contributed by atoms with van der Waals surface area (Å²) in [7, 11) is 0. The molecule has 19 heavy (non-hydrogen) atoms. The molecule has 1 fully saturated rings. The van der Waals surface area contributed by atoms with E-state index in [1.54, 1.807) is 6.07 Å². The smallest absolute Gasteiger partial charge is 0.124 e. The van der Waals surface area contributed by atoms with Crippen LogP contribution in [0.3, 0.4) is 0 Å². The lowest BCUT2D eigenvalue weighted by atomic mass is 9.80. The van der Waals surface area contributed by atoms with Crippen LogP contribution >= 0.6 is 0 Å². The van der Waals surface area contributed by atoms with Crippen molar-refractivity contribution in [3.05, 3.63) is 29.6 Å². The Kier molecular flexibility index (Phi) is 4.46. The zero-order valence-electron chi connectivity index (χ0n) is 12.0. The van der Waals surface area contributed by atoms with Crippen molar-refractivity contribution in [2.24, 2.45) is 17.6 Å². The minimum absolute atomic E-state index is 0.217. The average molecular weight is 265 g/mol. The summed E-state index contributed by atoms with van der Waals surface area (Å²) in [6.45, 7) is 6.43. The van der Waals surface area contributed by atoms with Crippen molar-refractivity contribution in [1.82, 2.24) is 0 Å². The lowest BCUT2D eigenvalue weighted by Crippen LogP contribution is -2.29. The molecule has 4 atom stereocenters. The van der Waals surface area contributed by atoms with Gasteiger partial charge in [0, 0.05) is 11.6 Å². The molecular formula is C16H24FNO. The van der Waals surface area contributed by atoms with E-state index in [1.165, 1.54) is 18.6 Å². The molecule has 0 aromatic heterocycles. The first-order valence-electron chi connectivity index (χ1n) is 7.19. The molecule has 2 N–H and O–H groups in total. The van der Waals surface area contributed by atoms with Gasteiger partial charge in [-0.2, -0.15) is 0 Å². The van der Waals surface area contributed by atoms with Crippen molar-refractivity contribution >= 4 is 0 Å². The fourth-order valence-corrected chi connectivity index (χ4v) is 2.77. The third-order valence-electron chi connectivity index (χ3n) is 4.31. The second-order valence-corrected chi connectivity index (χ2v) is 5.98. The van der Waals surface area contributed by atoms with Gasteiger partial charge in [-0.3, -0.25) is 0 Å². The lowest BCUT2D eigenvalue weighted by Gasteiger charge is -2.33. The van der Waals surface area contributed by atoms with E-state index in [-0.39, 0.29) is 18.0 Å². The standard InChI is InChI=1S/C16H24FNO/c1-10-4-6-14(8-11(10)2)19-16-7-5-13(17)9-15(16)12(3)18/h5,7,9-12,14H,4,6,8,18H2,1-3H3. The molecule has 1 aliphatic carbocycles. The summed E-state index contributed by atoms with van der Waals surface area (Å²) >= 11 is 0. The van der Waals surface area contributed by atoms with Crippen LogP contribution in [-0.2, 0) is 0 Å². The fraction of sp³-hybridized carbons (Fsp3) is 0.625. The molecule has 2 nitrogen and oxygen atoms in total. The first-order valence-corrected chi connectivity index (χ1v) is 7.19.